The van der Waals surface area contributed by atoms with E-state index in [0.717, 1.165) is 20.8 Å². The summed E-state index contributed by atoms with van der Waals surface area (Å²) in [5, 5.41) is 0. The molecule has 0 aliphatic rings. The number of carbonyl (C=O) groups excluding carboxylic acids is 1. The summed E-state index contributed by atoms with van der Waals surface area (Å²) in [7, 11) is 0. The highest BCUT2D eigenvalue weighted by molar-refractivity contribution is 8.00. The molecule has 17 heavy (non-hydrogen) atoms. The van der Waals surface area contributed by atoms with Crippen LogP contribution in [-0.2, 0) is 5.75 Å². The lowest BCUT2D eigenvalue weighted by Crippen LogP contribution is -2.29. The fraction of sp³-hybridized carbons (Fsp3) is 0.222. The maximum atomic E-state index is 11.3. The van der Waals surface area contributed by atoms with Gasteiger partial charge in [-0.25, -0.2) is 10.8 Å². The van der Waals surface area contributed by atoms with Crippen LogP contribution in [0.25, 0.3) is 0 Å². The van der Waals surface area contributed by atoms with Gasteiger partial charge in [-0.1, -0.05) is 11.8 Å². The normalized spacial score (nSPS) is 10.5. The highest BCUT2D eigenvalue weighted by Gasteiger charge is 2.08. The summed E-state index contributed by atoms with van der Waals surface area (Å²) < 4.78 is 5.05. The molecular formula is C9H10N4OS3. The van der Waals surface area contributed by atoms with Gasteiger partial charge in [-0.15, -0.1) is 11.3 Å². The second-order valence-corrected chi connectivity index (χ2v) is 6.28. The molecule has 90 valence electrons. The van der Waals surface area contributed by atoms with E-state index in [2.05, 4.69) is 14.8 Å². The van der Waals surface area contributed by atoms with Gasteiger partial charge in [0.2, 0.25) is 0 Å². The molecule has 0 aromatic carbocycles. The maximum Gasteiger partial charge on any atom is 0.275 e. The summed E-state index contributed by atoms with van der Waals surface area (Å²) in [6.45, 7) is 1.87. The van der Waals surface area contributed by atoms with Crippen LogP contribution in [-0.4, -0.2) is 15.3 Å². The van der Waals surface area contributed by atoms with Gasteiger partial charge in [-0.2, -0.15) is 4.37 Å². The minimum absolute atomic E-state index is 0.252. The number of thiophene rings is 1. The molecule has 0 saturated heterocycles. The number of nitrogens with two attached hydrogens (primary N) is 1. The third kappa shape index (κ3) is 3.25. The molecule has 2 aromatic heterocycles. The number of hydrogen-bond donors (Lipinski definition) is 2. The summed E-state index contributed by atoms with van der Waals surface area (Å²) in [4.78, 5) is 17.2. The zero-order valence-corrected chi connectivity index (χ0v) is 11.4. The fourth-order valence-corrected chi connectivity index (χ4v) is 3.72. The number of aromatic nitrogens is 2. The highest BCUT2D eigenvalue weighted by Crippen LogP contribution is 2.27. The van der Waals surface area contributed by atoms with E-state index in [9.17, 15) is 4.79 Å². The SMILES string of the molecule is Cc1nsc(SCc2ccc(C(=O)NN)s2)n1. The lowest BCUT2D eigenvalue weighted by atomic mass is 10.4. The van der Waals surface area contributed by atoms with Crippen molar-refractivity contribution in [3.8, 4) is 0 Å². The predicted octanol–water partition coefficient (Wildman–Crippen LogP) is 1.80. The van der Waals surface area contributed by atoms with Crippen LogP contribution >= 0.6 is 34.6 Å². The Labute approximate surface area is 111 Å². The molecular weight excluding hydrogens is 276 g/mol. The van der Waals surface area contributed by atoms with Crippen LogP contribution in [0.15, 0.2) is 16.5 Å². The number of nitrogen functional groups attached to an aromatic ring is 1. The molecule has 0 aliphatic carbocycles. The monoisotopic (exact) mass is 286 g/mol. The fourth-order valence-electron chi connectivity index (χ4n) is 1.12. The van der Waals surface area contributed by atoms with Crippen LogP contribution in [0.3, 0.4) is 0 Å². The molecule has 0 unspecified atom stereocenters. The second kappa shape index (κ2) is 5.58. The Morgan fingerprint density at radius 1 is 1.59 bits per heavy atom. The van der Waals surface area contributed by atoms with Crippen LogP contribution in [0.1, 0.15) is 20.4 Å². The Morgan fingerprint density at radius 2 is 2.41 bits per heavy atom. The first-order valence-electron chi connectivity index (χ1n) is 4.72. The first kappa shape index (κ1) is 12.5. The Bertz CT molecular complexity index is 522. The first-order chi connectivity index (χ1) is 8.19. The second-order valence-electron chi connectivity index (χ2n) is 3.14. The van der Waals surface area contributed by atoms with E-state index in [1.165, 1.54) is 22.9 Å². The van der Waals surface area contributed by atoms with Crippen molar-refractivity contribution in [3.05, 3.63) is 27.7 Å². The van der Waals surface area contributed by atoms with E-state index in [1.54, 1.807) is 17.8 Å². The summed E-state index contributed by atoms with van der Waals surface area (Å²) in [5.74, 6) is 6.40. The van der Waals surface area contributed by atoms with Gasteiger partial charge in [0.15, 0.2) is 4.34 Å². The number of thioether (sulfide) groups is 1. The molecule has 0 atom stereocenters. The van der Waals surface area contributed by atoms with Gasteiger partial charge < -0.3 is 0 Å². The smallest absolute Gasteiger partial charge is 0.275 e. The summed E-state index contributed by atoms with van der Waals surface area (Å²) in [6.07, 6.45) is 0. The topological polar surface area (TPSA) is 80.9 Å². The van der Waals surface area contributed by atoms with Crippen LogP contribution < -0.4 is 11.3 Å². The molecule has 2 aromatic rings. The van der Waals surface area contributed by atoms with Gasteiger partial charge in [0.25, 0.3) is 5.91 Å². The molecule has 3 N–H and O–H groups in total. The van der Waals surface area contributed by atoms with Gasteiger partial charge >= 0.3 is 0 Å². The molecule has 2 rings (SSSR count). The lowest BCUT2D eigenvalue weighted by molar-refractivity contribution is 0.0957. The van der Waals surface area contributed by atoms with Crippen molar-refractivity contribution in [2.45, 2.75) is 17.0 Å². The van der Waals surface area contributed by atoms with E-state index < -0.39 is 0 Å². The number of hydrazine groups is 1. The Hall–Kier alpha value is -0.960. The van der Waals surface area contributed by atoms with Gasteiger partial charge in [0.05, 0.1) is 4.88 Å². The van der Waals surface area contributed by atoms with Gasteiger partial charge in [-0.3, -0.25) is 10.2 Å². The van der Waals surface area contributed by atoms with Crippen molar-refractivity contribution in [1.29, 1.82) is 0 Å². The number of nitrogens with one attached hydrogen (secondary N) is 1. The average Bonchev–Trinajstić information content (AvgIpc) is 2.94. The van der Waals surface area contributed by atoms with E-state index in [-0.39, 0.29) is 5.91 Å². The van der Waals surface area contributed by atoms with E-state index in [0.29, 0.717) is 4.88 Å². The Kier molecular flexibility index (Phi) is 4.11. The van der Waals surface area contributed by atoms with Crippen LogP contribution in [0.5, 0.6) is 0 Å². The quantitative estimate of drug-likeness (QED) is 0.388. The van der Waals surface area contributed by atoms with Gasteiger partial charge in [-0.05, 0) is 30.6 Å². The van der Waals surface area contributed by atoms with Crippen molar-refractivity contribution in [2.24, 2.45) is 5.84 Å². The van der Waals surface area contributed by atoms with Gasteiger partial charge in [0.1, 0.15) is 5.82 Å². The number of carbonyl (C=O) groups is 1. The molecule has 0 aliphatic heterocycles. The van der Waals surface area contributed by atoms with E-state index in [1.807, 2.05) is 13.0 Å². The highest BCUT2D eigenvalue weighted by atomic mass is 32.2. The average molecular weight is 286 g/mol. The number of hydrogen-bond acceptors (Lipinski definition) is 7. The summed E-state index contributed by atoms with van der Waals surface area (Å²) >= 11 is 4.45. The Balaban J connectivity index is 1.95. The molecule has 2 heterocycles. The first-order valence-corrected chi connectivity index (χ1v) is 7.29. The zero-order chi connectivity index (χ0) is 12.3. The summed E-state index contributed by atoms with van der Waals surface area (Å²) in [5.41, 5.74) is 2.12. The van der Waals surface area contributed by atoms with Crippen LogP contribution in [0.4, 0.5) is 0 Å². The number of amides is 1. The van der Waals surface area contributed by atoms with E-state index in [4.69, 9.17) is 5.84 Å². The summed E-state index contributed by atoms with van der Waals surface area (Å²) in [6, 6.07) is 3.70. The number of nitrogens with zero attached hydrogens (tertiary/aromatic N) is 2. The van der Waals surface area contributed by atoms with Crippen molar-refractivity contribution < 1.29 is 4.79 Å². The Morgan fingerprint density at radius 3 is 3.06 bits per heavy atom. The molecule has 0 bridgehead atoms. The molecule has 0 saturated carbocycles. The third-order valence-electron chi connectivity index (χ3n) is 1.86. The van der Waals surface area contributed by atoms with Crippen molar-refractivity contribution in [1.82, 2.24) is 14.8 Å². The predicted molar refractivity (Wildman–Crippen MR) is 70.2 cm³/mol. The molecule has 0 fully saturated rings. The molecule has 5 nitrogen and oxygen atoms in total. The molecule has 1 amide bonds. The maximum absolute atomic E-state index is 11.3. The number of rotatable bonds is 4. The van der Waals surface area contributed by atoms with Crippen molar-refractivity contribution in [2.75, 3.05) is 0 Å². The van der Waals surface area contributed by atoms with Gasteiger partial charge in [0, 0.05) is 10.6 Å². The minimum atomic E-state index is -0.252. The number of aryl methyl sites for hydroxylation is 1. The third-order valence-corrected chi connectivity index (χ3v) is 5.10. The standard InChI is InChI=1S/C9H10N4OS3/c1-5-11-9(17-13-5)15-4-6-2-3-7(16-6)8(14)12-10/h2-3H,4,10H2,1H3,(H,12,14). The largest absolute Gasteiger partial charge is 0.289 e. The van der Waals surface area contributed by atoms with Crippen molar-refractivity contribution >= 4 is 40.5 Å². The molecule has 0 spiro atoms. The molecule has 8 heteroatoms. The lowest BCUT2D eigenvalue weighted by Gasteiger charge is -1.94. The zero-order valence-electron chi connectivity index (χ0n) is 8.97. The van der Waals surface area contributed by atoms with E-state index >= 15 is 0 Å². The molecule has 0 radical (unpaired) electrons. The van der Waals surface area contributed by atoms with Crippen LogP contribution in [0.2, 0.25) is 0 Å². The van der Waals surface area contributed by atoms with Crippen molar-refractivity contribution in [3.63, 3.8) is 0 Å². The van der Waals surface area contributed by atoms with Crippen LogP contribution in [0, 0.1) is 6.92 Å². The minimum Gasteiger partial charge on any atom is -0.289 e.